The number of rotatable bonds is 2. The number of carbonyl (C=O) groups excluding carboxylic acids is 2. The number of aryl methyl sites for hydroxylation is 2. The molecule has 1 N–H and O–H groups in total. The number of aromatic nitrogens is 2. The standard InChI is InChI=1S/C15H20N4O2/c1-9-10-5-3-4-6-11(10)17-15(16-9)18-14(21)12-7-8-13(20)19(12)2/h12H,3-8H2,1-2H3,(H,16,17,18,21)/t12-/m1/s1. The first-order valence-electron chi connectivity index (χ1n) is 7.49. The topological polar surface area (TPSA) is 75.2 Å². The van der Waals surface area contributed by atoms with E-state index in [-0.39, 0.29) is 11.8 Å². The Morgan fingerprint density at radius 3 is 2.71 bits per heavy atom. The Kier molecular flexibility index (Phi) is 3.61. The van der Waals surface area contributed by atoms with Gasteiger partial charge in [0.05, 0.1) is 0 Å². The molecule has 0 aromatic carbocycles. The third kappa shape index (κ3) is 2.62. The molecule has 1 saturated heterocycles. The Hall–Kier alpha value is -1.98. The number of nitrogens with zero attached hydrogens (tertiary/aromatic N) is 3. The largest absolute Gasteiger partial charge is 0.334 e. The van der Waals surface area contributed by atoms with Gasteiger partial charge in [0.1, 0.15) is 6.04 Å². The van der Waals surface area contributed by atoms with Crippen LogP contribution in [0, 0.1) is 6.92 Å². The van der Waals surface area contributed by atoms with E-state index in [2.05, 4.69) is 15.3 Å². The second kappa shape index (κ2) is 5.42. The van der Waals surface area contributed by atoms with Gasteiger partial charge in [0.15, 0.2) is 0 Å². The molecule has 0 saturated carbocycles. The van der Waals surface area contributed by atoms with E-state index >= 15 is 0 Å². The molecule has 1 aliphatic heterocycles. The molecule has 0 spiro atoms. The van der Waals surface area contributed by atoms with Gasteiger partial charge in [-0.2, -0.15) is 0 Å². The lowest BCUT2D eigenvalue weighted by atomic mass is 9.95. The smallest absolute Gasteiger partial charge is 0.249 e. The second-order valence-corrected chi connectivity index (χ2v) is 5.81. The molecule has 1 fully saturated rings. The molecular formula is C15H20N4O2. The van der Waals surface area contributed by atoms with Crippen molar-refractivity contribution in [1.29, 1.82) is 0 Å². The maximum Gasteiger partial charge on any atom is 0.249 e. The Labute approximate surface area is 124 Å². The van der Waals surface area contributed by atoms with Crippen LogP contribution in [-0.4, -0.2) is 39.8 Å². The van der Waals surface area contributed by atoms with E-state index in [0.717, 1.165) is 30.7 Å². The second-order valence-electron chi connectivity index (χ2n) is 5.81. The highest BCUT2D eigenvalue weighted by atomic mass is 16.2. The monoisotopic (exact) mass is 288 g/mol. The number of nitrogens with one attached hydrogen (secondary N) is 1. The molecule has 2 amide bonds. The lowest BCUT2D eigenvalue weighted by molar-refractivity contribution is -0.131. The van der Waals surface area contributed by atoms with Crippen LogP contribution in [0.25, 0.3) is 0 Å². The van der Waals surface area contributed by atoms with Gasteiger partial charge in [0.2, 0.25) is 17.8 Å². The fourth-order valence-electron chi connectivity index (χ4n) is 3.14. The van der Waals surface area contributed by atoms with Gasteiger partial charge < -0.3 is 4.90 Å². The number of amides is 2. The number of anilines is 1. The molecule has 2 aliphatic rings. The highest BCUT2D eigenvalue weighted by molar-refractivity contribution is 5.97. The first kappa shape index (κ1) is 14.0. The van der Waals surface area contributed by atoms with Crippen molar-refractivity contribution >= 4 is 17.8 Å². The van der Waals surface area contributed by atoms with Crippen molar-refractivity contribution in [2.45, 2.75) is 51.5 Å². The zero-order valence-electron chi connectivity index (χ0n) is 12.5. The number of fused-ring (bicyclic) bond motifs is 1. The zero-order valence-corrected chi connectivity index (χ0v) is 12.5. The van der Waals surface area contributed by atoms with Gasteiger partial charge in [-0.1, -0.05) is 0 Å². The molecule has 0 radical (unpaired) electrons. The van der Waals surface area contributed by atoms with E-state index in [1.54, 1.807) is 7.05 Å². The van der Waals surface area contributed by atoms with Crippen LogP contribution in [0.5, 0.6) is 0 Å². The van der Waals surface area contributed by atoms with Gasteiger partial charge >= 0.3 is 0 Å². The molecule has 1 aromatic rings. The van der Waals surface area contributed by atoms with Crippen molar-refractivity contribution in [3.63, 3.8) is 0 Å². The summed E-state index contributed by atoms with van der Waals surface area (Å²) in [6.07, 6.45) is 5.27. The molecule has 112 valence electrons. The summed E-state index contributed by atoms with van der Waals surface area (Å²) in [6, 6.07) is -0.405. The van der Waals surface area contributed by atoms with E-state index in [1.807, 2.05) is 6.92 Å². The van der Waals surface area contributed by atoms with E-state index in [9.17, 15) is 9.59 Å². The molecule has 3 rings (SSSR count). The molecule has 6 nitrogen and oxygen atoms in total. The third-order valence-electron chi connectivity index (χ3n) is 4.42. The predicted octanol–water partition coefficient (Wildman–Crippen LogP) is 1.22. The van der Waals surface area contributed by atoms with Gasteiger partial charge in [-0.25, -0.2) is 9.97 Å². The van der Waals surface area contributed by atoms with Crippen LogP contribution < -0.4 is 5.32 Å². The van der Waals surface area contributed by atoms with Crippen molar-refractivity contribution in [3.8, 4) is 0 Å². The molecule has 0 bridgehead atoms. The van der Waals surface area contributed by atoms with Gasteiger partial charge in [-0.15, -0.1) is 0 Å². The Bertz CT molecular complexity index is 600. The fourth-order valence-corrected chi connectivity index (χ4v) is 3.14. The van der Waals surface area contributed by atoms with E-state index in [4.69, 9.17) is 0 Å². The van der Waals surface area contributed by atoms with Crippen molar-refractivity contribution in [3.05, 3.63) is 17.0 Å². The van der Waals surface area contributed by atoms with Crippen LogP contribution >= 0.6 is 0 Å². The van der Waals surface area contributed by atoms with Crippen molar-refractivity contribution in [2.75, 3.05) is 12.4 Å². The summed E-state index contributed by atoms with van der Waals surface area (Å²) < 4.78 is 0. The van der Waals surface area contributed by atoms with Crippen molar-refractivity contribution < 1.29 is 9.59 Å². The van der Waals surface area contributed by atoms with E-state index in [1.165, 1.54) is 16.9 Å². The summed E-state index contributed by atoms with van der Waals surface area (Å²) in [5.41, 5.74) is 3.23. The molecule has 0 unspecified atom stereocenters. The summed E-state index contributed by atoms with van der Waals surface area (Å²) in [5.74, 6) is 0.182. The third-order valence-corrected chi connectivity index (χ3v) is 4.42. The molecule has 1 aliphatic carbocycles. The average molecular weight is 288 g/mol. The lowest BCUT2D eigenvalue weighted by Crippen LogP contribution is -2.39. The molecule has 6 heteroatoms. The Morgan fingerprint density at radius 1 is 1.24 bits per heavy atom. The highest BCUT2D eigenvalue weighted by Gasteiger charge is 2.33. The van der Waals surface area contributed by atoms with Crippen LogP contribution in [0.2, 0.25) is 0 Å². The van der Waals surface area contributed by atoms with E-state index in [0.29, 0.717) is 18.8 Å². The summed E-state index contributed by atoms with van der Waals surface area (Å²) >= 11 is 0. The minimum Gasteiger partial charge on any atom is -0.334 e. The summed E-state index contributed by atoms with van der Waals surface area (Å²) in [4.78, 5) is 34.1. The van der Waals surface area contributed by atoms with Crippen LogP contribution in [0.4, 0.5) is 5.95 Å². The first-order chi connectivity index (χ1) is 10.1. The Balaban J connectivity index is 1.77. The number of hydrogen-bond acceptors (Lipinski definition) is 4. The fraction of sp³-hybridized carbons (Fsp3) is 0.600. The van der Waals surface area contributed by atoms with Crippen LogP contribution in [0.15, 0.2) is 0 Å². The minimum absolute atomic E-state index is 0.0117. The summed E-state index contributed by atoms with van der Waals surface area (Å²) in [7, 11) is 1.67. The lowest BCUT2D eigenvalue weighted by Gasteiger charge is -2.20. The molecule has 1 atom stereocenters. The maximum atomic E-state index is 12.3. The normalized spacial score (nSPS) is 21.3. The predicted molar refractivity (Wildman–Crippen MR) is 77.8 cm³/mol. The SMILES string of the molecule is Cc1nc(NC(=O)[C@H]2CCC(=O)N2C)nc2c1CCCC2. The highest BCUT2D eigenvalue weighted by Crippen LogP contribution is 2.23. The van der Waals surface area contributed by atoms with Gasteiger partial charge in [-0.05, 0) is 44.6 Å². The molecular weight excluding hydrogens is 268 g/mol. The van der Waals surface area contributed by atoms with Crippen LogP contribution in [0.3, 0.4) is 0 Å². The van der Waals surface area contributed by atoms with E-state index < -0.39 is 6.04 Å². The number of carbonyl (C=O) groups is 2. The quantitative estimate of drug-likeness (QED) is 0.888. The summed E-state index contributed by atoms with van der Waals surface area (Å²) in [5, 5.41) is 2.77. The average Bonchev–Trinajstić information content (AvgIpc) is 2.79. The number of likely N-dealkylation sites (tertiary alicyclic amines) is 1. The van der Waals surface area contributed by atoms with Crippen LogP contribution in [0.1, 0.15) is 42.6 Å². The minimum atomic E-state index is -0.405. The zero-order chi connectivity index (χ0) is 15.0. The van der Waals surface area contributed by atoms with Crippen molar-refractivity contribution in [1.82, 2.24) is 14.9 Å². The molecule has 1 aromatic heterocycles. The van der Waals surface area contributed by atoms with Crippen molar-refractivity contribution in [2.24, 2.45) is 0 Å². The summed E-state index contributed by atoms with van der Waals surface area (Å²) in [6.45, 7) is 1.96. The first-order valence-corrected chi connectivity index (χ1v) is 7.49. The molecule has 21 heavy (non-hydrogen) atoms. The van der Waals surface area contributed by atoms with Gasteiger partial charge in [0.25, 0.3) is 0 Å². The Morgan fingerprint density at radius 2 is 2.00 bits per heavy atom. The maximum absolute atomic E-state index is 12.3. The van der Waals surface area contributed by atoms with Gasteiger partial charge in [0, 0.05) is 24.9 Å². The number of likely N-dealkylation sites (N-methyl/N-ethyl adjacent to an activating group) is 1. The van der Waals surface area contributed by atoms with Crippen LogP contribution in [-0.2, 0) is 22.4 Å². The molecule has 2 heterocycles. The van der Waals surface area contributed by atoms with Gasteiger partial charge in [-0.3, -0.25) is 14.9 Å². The number of hydrogen-bond donors (Lipinski definition) is 1.